The van der Waals surface area contributed by atoms with Crippen molar-refractivity contribution in [1.82, 2.24) is 0 Å². The molecule has 0 spiro atoms. The van der Waals surface area contributed by atoms with Crippen molar-refractivity contribution in [3.63, 3.8) is 0 Å². The van der Waals surface area contributed by atoms with E-state index in [0.717, 1.165) is 11.1 Å². The maximum absolute atomic E-state index is 12.7. The Kier molecular flexibility index (Phi) is 4.07. The van der Waals surface area contributed by atoms with E-state index in [2.05, 4.69) is 5.32 Å². The molecule has 2 aromatic carbocycles. The first-order valence-electron chi connectivity index (χ1n) is 7.15. The second-order valence-corrected chi connectivity index (χ2v) is 5.83. The van der Waals surface area contributed by atoms with E-state index in [-0.39, 0.29) is 17.4 Å². The SMILES string of the molecule is COc1ccccc1C[NH+]1C(=O)Nc2cc(C)cc(Cl)c2C1=O. The van der Waals surface area contributed by atoms with Gasteiger partial charge in [-0.2, -0.15) is 4.90 Å². The molecule has 0 radical (unpaired) electrons. The van der Waals surface area contributed by atoms with Crippen LogP contribution in [0.25, 0.3) is 0 Å². The molecule has 0 saturated carbocycles. The number of hydrogen-bond acceptors (Lipinski definition) is 3. The number of methoxy groups -OCH3 is 1. The second-order valence-electron chi connectivity index (χ2n) is 5.42. The summed E-state index contributed by atoms with van der Waals surface area (Å²) in [5.74, 6) is 0.307. The maximum atomic E-state index is 12.7. The Labute approximate surface area is 138 Å². The van der Waals surface area contributed by atoms with Gasteiger partial charge in [0, 0.05) is 5.56 Å². The van der Waals surface area contributed by atoms with E-state index < -0.39 is 6.03 Å². The molecule has 1 aliphatic rings. The number of quaternary nitrogens is 1. The number of rotatable bonds is 3. The molecule has 23 heavy (non-hydrogen) atoms. The van der Waals surface area contributed by atoms with Crippen molar-refractivity contribution in [3.05, 3.63) is 58.1 Å². The number of imide groups is 1. The van der Waals surface area contributed by atoms with E-state index in [9.17, 15) is 9.59 Å². The number of amides is 3. The fourth-order valence-corrected chi connectivity index (χ4v) is 3.08. The van der Waals surface area contributed by atoms with Crippen molar-refractivity contribution in [2.24, 2.45) is 0 Å². The van der Waals surface area contributed by atoms with Gasteiger partial charge in [0.25, 0.3) is 0 Å². The van der Waals surface area contributed by atoms with Gasteiger partial charge < -0.3 is 4.74 Å². The van der Waals surface area contributed by atoms with Gasteiger partial charge in [0.05, 0.1) is 17.8 Å². The average molecular weight is 332 g/mol. The quantitative estimate of drug-likeness (QED) is 0.908. The second kappa shape index (κ2) is 6.02. The van der Waals surface area contributed by atoms with Crippen LogP contribution in [0.15, 0.2) is 36.4 Å². The highest BCUT2D eigenvalue weighted by Crippen LogP contribution is 2.27. The summed E-state index contributed by atoms with van der Waals surface area (Å²) in [6.45, 7) is 2.05. The number of ether oxygens (including phenoxy) is 1. The molecule has 1 unspecified atom stereocenters. The van der Waals surface area contributed by atoms with Crippen LogP contribution in [0, 0.1) is 6.92 Å². The lowest BCUT2D eigenvalue weighted by Gasteiger charge is -2.23. The van der Waals surface area contributed by atoms with Crippen molar-refractivity contribution in [1.29, 1.82) is 0 Å². The molecule has 2 aromatic rings. The third-order valence-electron chi connectivity index (χ3n) is 3.82. The topological polar surface area (TPSA) is 59.8 Å². The number of urea groups is 1. The number of carbonyl (C=O) groups excluding carboxylic acids is 2. The Morgan fingerprint density at radius 3 is 2.70 bits per heavy atom. The zero-order valence-corrected chi connectivity index (χ0v) is 13.5. The first-order chi connectivity index (χ1) is 11.0. The van der Waals surface area contributed by atoms with E-state index in [4.69, 9.17) is 16.3 Å². The summed E-state index contributed by atoms with van der Waals surface area (Å²) in [5.41, 5.74) is 2.48. The van der Waals surface area contributed by atoms with Crippen molar-refractivity contribution >= 4 is 29.2 Å². The number of anilines is 1. The van der Waals surface area contributed by atoms with Gasteiger partial charge in [0.15, 0.2) is 0 Å². The Morgan fingerprint density at radius 1 is 1.22 bits per heavy atom. The fraction of sp³-hybridized carbons (Fsp3) is 0.176. The molecule has 0 bridgehead atoms. The number of para-hydroxylation sites is 1. The Balaban J connectivity index is 1.98. The standard InChI is InChI=1S/C17H15ClN2O3/c1-10-7-12(18)15-13(8-10)19-17(22)20(16(15)21)9-11-5-3-4-6-14(11)23-2/h3-8H,9H2,1-2H3,(H,19,22)/p+1. The largest absolute Gasteiger partial charge is 0.496 e. The van der Waals surface area contributed by atoms with Gasteiger partial charge >= 0.3 is 11.9 Å². The number of aryl methyl sites for hydroxylation is 1. The minimum atomic E-state index is -0.393. The van der Waals surface area contributed by atoms with Gasteiger partial charge in [-0.1, -0.05) is 23.7 Å². The highest BCUT2D eigenvalue weighted by molar-refractivity contribution is 6.35. The molecule has 0 aromatic heterocycles. The number of carbonyl (C=O) groups is 2. The van der Waals surface area contributed by atoms with Gasteiger partial charge in [-0.3, -0.25) is 5.32 Å². The van der Waals surface area contributed by atoms with Crippen LogP contribution >= 0.6 is 11.6 Å². The third kappa shape index (κ3) is 2.81. The van der Waals surface area contributed by atoms with E-state index >= 15 is 0 Å². The predicted molar refractivity (Wildman–Crippen MR) is 87.2 cm³/mol. The zero-order chi connectivity index (χ0) is 16.6. The fourth-order valence-electron chi connectivity index (χ4n) is 2.72. The lowest BCUT2D eigenvalue weighted by atomic mass is 10.1. The number of fused-ring (bicyclic) bond motifs is 1. The first kappa shape index (κ1) is 15.5. The highest BCUT2D eigenvalue weighted by atomic mass is 35.5. The molecular weight excluding hydrogens is 316 g/mol. The summed E-state index contributed by atoms with van der Waals surface area (Å²) < 4.78 is 5.28. The zero-order valence-electron chi connectivity index (χ0n) is 12.8. The predicted octanol–water partition coefficient (Wildman–Crippen LogP) is 2.43. The average Bonchev–Trinajstić information content (AvgIpc) is 2.50. The van der Waals surface area contributed by atoms with E-state index in [1.54, 1.807) is 25.3 Å². The smallest absolute Gasteiger partial charge is 0.427 e. The number of halogens is 1. The van der Waals surface area contributed by atoms with Crippen LogP contribution in [0.5, 0.6) is 5.75 Å². The van der Waals surface area contributed by atoms with Crippen molar-refractivity contribution in [2.75, 3.05) is 12.4 Å². The summed E-state index contributed by atoms with van der Waals surface area (Å²) in [4.78, 5) is 25.2. The van der Waals surface area contributed by atoms with Crippen LogP contribution < -0.4 is 15.0 Å². The third-order valence-corrected chi connectivity index (χ3v) is 4.12. The van der Waals surface area contributed by atoms with E-state index in [0.29, 0.717) is 22.0 Å². The molecule has 6 heteroatoms. The molecule has 1 aliphatic heterocycles. The van der Waals surface area contributed by atoms with Crippen LogP contribution in [0.2, 0.25) is 5.02 Å². The van der Waals surface area contributed by atoms with E-state index in [1.807, 2.05) is 25.1 Å². The minimum Gasteiger partial charge on any atom is -0.496 e. The molecule has 3 amide bonds. The van der Waals surface area contributed by atoms with Crippen LogP contribution in [-0.4, -0.2) is 19.0 Å². The molecule has 0 aliphatic carbocycles. The minimum absolute atomic E-state index is 0.160. The summed E-state index contributed by atoms with van der Waals surface area (Å²) in [6.07, 6.45) is 0. The molecule has 1 atom stereocenters. The highest BCUT2D eigenvalue weighted by Gasteiger charge is 2.39. The molecule has 3 rings (SSSR count). The lowest BCUT2D eigenvalue weighted by molar-refractivity contribution is -0.738. The van der Waals surface area contributed by atoms with Crippen LogP contribution in [0.4, 0.5) is 10.5 Å². The van der Waals surface area contributed by atoms with Gasteiger partial charge in [0.1, 0.15) is 17.9 Å². The lowest BCUT2D eigenvalue weighted by Crippen LogP contribution is -3.17. The van der Waals surface area contributed by atoms with Crippen LogP contribution in [0.3, 0.4) is 0 Å². The number of nitrogens with one attached hydrogen (secondary N) is 2. The Morgan fingerprint density at radius 2 is 1.96 bits per heavy atom. The Bertz CT molecular complexity index is 804. The molecule has 118 valence electrons. The van der Waals surface area contributed by atoms with Gasteiger partial charge in [-0.25, -0.2) is 9.59 Å². The summed E-state index contributed by atoms with van der Waals surface area (Å²) in [7, 11) is 1.56. The van der Waals surface area contributed by atoms with Crippen molar-refractivity contribution in [3.8, 4) is 5.75 Å². The molecular formula is C17H16ClN2O3+. The number of benzene rings is 2. The molecule has 2 N–H and O–H groups in total. The van der Waals surface area contributed by atoms with Gasteiger partial charge in [0.2, 0.25) is 0 Å². The molecule has 0 saturated heterocycles. The van der Waals surface area contributed by atoms with Gasteiger partial charge in [-0.05, 0) is 36.8 Å². The maximum Gasteiger partial charge on any atom is 0.427 e. The normalized spacial score (nSPS) is 16.7. The Hall–Kier alpha value is -2.37. The van der Waals surface area contributed by atoms with Gasteiger partial charge in [-0.15, -0.1) is 0 Å². The van der Waals surface area contributed by atoms with Crippen LogP contribution in [0.1, 0.15) is 21.5 Å². The van der Waals surface area contributed by atoms with Crippen molar-refractivity contribution in [2.45, 2.75) is 13.5 Å². The summed E-state index contributed by atoms with van der Waals surface area (Å²) in [5, 5.41) is 3.11. The van der Waals surface area contributed by atoms with E-state index in [1.165, 1.54) is 0 Å². The molecule has 1 heterocycles. The van der Waals surface area contributed by atoms with Crippen molar-refractivity contribution < 1.29 is 19.2 Å². The monoisotopic (exact) mass is 331 g/mol. The molecule has 5 nitrogen and oxygen atoms in total. The first-order valence-corrected chi connectivity index (χ1v) is 7.53. The summed E-state index contributed by atoms with van der Waals surface area (Å²) in [6, 6.07) is 10.4. The molecule has 0 fully saturated rings. The summed E-state index contributed by atoms with van der Waals surface area (Å²) >= 11 is 6.21. The number of hydrogen-bond donors (Lipinski definition) is 2. The van der Waals surface area contributed by atoms with Crippen LogP contribution in [-0.2, 0) is 6.54 Å².